The molecule has 0 saturated heterocycles. The summed E-state index contributed by atoms with van der Waals surface area (Å²) in [6.45, 7) is 1.13. The first kappa shape index (κ1) is 21.0. The summed E-state index contributed by atoms with van der Waals surface area (Å²) in [7, 11) is 0. The van der Waals surface area contributed by atoms with Crippen molar-refractivity contribution < 1.29 is 19.5 Å². The van der Waals surface area contributed by atoms with Crippen molar-refractivity contribution in [3.63, 3.8) is 0 Å². The third-order valence-corrected chi connectivity index (χ3v) is 5.34. The molecule has 34 heavy (non-hydrogen) atoms. The van der Waals surface area contributed by atoms with Gasteiger partial charge in [0.1, 0.15) is 11.4 Å². The van der Waals surface area contributed by atoms with Gasteiger partial charge in [0.05, 0.1) is 23.4 Å². The molecule has 10 heteroatoms. The lowest BCUT2D eigenvalue weighted by Crippen LogP contribution is -2.35. The van der Waals surface area contributed by atoms with Gasteiger partial charge >= 0.3 is 5.97 Å². The summed E-state index contributed by atoms with van der Waals surface area (Å²) in [4.78, 5) is 44.8. The molecular weight excluding hydrogens is 436 g/mol. The van der Waals surface area contributed by atoms with Crippen molar-refractivity contribution in [3.05, 3.63) is 83.7 Å². The number of aromatic nitrogens is 4. The number of nitrogens with one attached hydrogen (secondary N) is 2. The van der Waals surface area contributed by atoms with Crippen LogP contribution in [0.3, 0.4) is 0 Å². The Morgan fingerprint density at radius 1 is 1.00 bits per heavy atom. The van der Waals surface area contributed by atoms with Crippen molar-refractivity contribution in [3.8, 4) is 22.8 Å². The summed E-state index contributed by atoms with van der Waals surface area (Å²) in [5, 5.41) is 19.3. The number of anilines is 1. The first-order valence-electron chi connectivity index (χ1n) is 10.4. The molecule has 0 unspecified atom stereocenters. The Kier molecular flexibility index (Phi) is 5.30. The van der Waals surface area contributed by atoms with Crippen molar-refractivity contribution in [2.24, 2.45) is 0 Å². The molecule has 5 rings (SSSR count). The number of carboxylic acid groups (broad SMARTS) is 1. The van der Waals surface area contributed by atoms with E-state index in [2.05, 4.69) is 25.7 Å². The van der Waals surface area contributed by atoms with Crippen LogP contribution in [0.2, 0.25) is 0 Å². The number of carbonyl (C=O) groups excluding carboxylic acids is 2. The van der Waals surface area contributed by atoms with Crippen LogP contribution >= 0.6 is 0 Å². The van der Waals surface area contributed by atoms with Gasteiger partial charge in [0.25, 0.3) is 11.8 Å². The SMILES string of the molecule is O=C(O)c1ccccc1C(=O)Nc1ccc(-c2nccc(-c3cc4n(n3)CCNC4=O)n2)cc1. The standard InChI is InChI=1S/C24H18N6O4/c31-22(16-3-1-2-4-17(16)24(33)34)27-15-7-5-14(6-8-15)21-25-10-9-18(28-21)19-13-20-23(32)26-11-12-30(20)29-19/h1-10,13H,11-12H2,(H,26,32)(H,27,31)(H,33,34). The number of nitrogens with zero attached hydrogens (tertiary/aromatic N) is 4. The summed E-state index contributed by atoms with van der Waals surface area (Å²) in [6, 6.07) is 16.3. The van der Waals surface area contributed by atoms with E-state index in [9.17, 15) is 19.5 Å². The van der Waals surface area contributed by atoms with Gasteiger partial charge in [-0.05, 0) is 48.5 Å². The van der Waals surface area contributed by atoms with Gasteiger partial charge in [-0.2, -0.15) is 5.10 Å². The van der Waals surface area contributed by atoms with Gasteiger partial charge in [0.15, 0.2) is 5.82 Å². The van der Waals surface area contributed by atoms with Gasteiger partial charge in [-0.15, -0.1) is 0 Å². The number of amides is 2. The molecule has 0 saturated carbocycles. The Balaban J connectivity index is 1.36. The Labute approximate surface area is 193 Å². The summed E-state index contributed by atoms with van der Waals surface area (Å²) in [5.41, 5.74) is 2.88. The van der Waals surface area contributed by atoms with E-state index >= 15 is 0 Å². The summed E-state index contributed by atoms with van der Waals surface area (Å²) in [6.07, 6.45) is 1.62. The quantitative estimate of drug-likeness (QED) is 0.421. The van der Waals surface area contributed by atoms with Gasteiger partial charge in [-0.1, -0.05) is 12.1 Å². The molecule has 0 bridgehead atoms. The van der Waals surface area contributed by atoms with Crippen LogP contribution in [0, 0.1) is 0 Å². The number of hydrogen-bond donors (Lipinski definition) is 3. The molecular formula is C24H18N6O4. The molecule has 2 aromatic heterocycles. The number of aromatic carboxylic acids is 1. The van der Waals surface area contributed by atoms with Gasteiger partial charge in [-0.25, -0.2) is 14.8 Å². The van der Waals surface area contributed by atoms with Crippen LogP contribution in [0.5, 0.6) is 0 Å². The van der Waals surface area contributed by atoms with Gasteiger partial charge in [0, 0.05) is 24.0 Å². The van der Waals surface area contributed by atoms with Crippen molar-refractivity contribution in [1.29, 1.82) is 0 Å². The number of benzene rings is 2. The molecule has 1 aliphatic heterocycles. The molecule has 4 aromatic rings. The molecule has 1 aliphatic rings. The molecule has 0 spiro atoms. The third kappa shape index (κ3) is 3.99. The van der Waals surface area contributed by atoms with Crippen LogP contribution < -0.4 is 10.6 Å². The van der Waals surface area contributed by atoms with E-state index in [0.717, 1.165) is 0 Å². The maximum absolute atomic E-state index is 12.6. The van der Waals surface area contributed by atoms with E-state index in [1.54, 1.807) is 59.4 Å². The lowest BCUT2D eigenvalue weighted by molar-refractivity contribution is 0.0692. The lowest BCUT2D eigenvalue weighted by Gasteiger charge is -2.13. The second-order valence-corrected chi connectivity index (χ2v) is 7.54. The minimum atomic E-state index is -1.17. The minimum Gasteiger partial charge on any atom is -0.478 e. The summed E-state index contributed by atoms with van der Waals surface area (Å²) >= 11 is 0. The average molecular weight is 454 g/mol. The topological polar surface area (TPSA) is 139 Å². The number of carboxylic acids is 1. The molecule has 2 aromatic carbocycles. The fourth-order valence-corrected chi connectivity index (χ4v) is 3.67. The predicted molar refractivity (Wildman–Crippen MR) is 122 cm³/mol. The fraction of sp³-hybridized carbons (Fsp3) is 0.0833. The minimum absolute atomic E-state index is 0.0692. The first-order valence-corrected chi connectivity index (χ1v) is 10.4. The van der Waals surface area contributed by atoms with Gasteiger partial charge < -0.3 is 15.7 Å². The number of rotatable bonds is 5. The zero-order valence-corrected chi connectivity index (χ0v) is 17.7. The Morgan fingerprint density at radius 2 is 1.76 bits per heavy atom. The van der Waals surface area contributed by atoms with Crippen LogP contribution in [0.1, 0.15) is 31.2 Å². The van der Waals surface area contributed by atoms with E-state index in [-0.39, 0.29) is 17.0 Å². The molecule has 0 fully saturated rings. The van der Waals surface area contributed by atoms with E-state index in [1.807, 2.05) is 0 Å². The predicted octanol–water partition coefficient (Wildman–Crippen LogP) is 2.70. The molecule has 168 valence electrons. The van der Waals surface area contributed by atoms with E-state index in [0.29, 0.717) is 47.2 Å². The molecule has 0 aliphatic carbocycles. The molecule has 10 nitrogen and oxygen atoms in total. The number of fused-ring (bicyclic) bond motifs is 1. The maximum Gasteiger partial charge on any atom is 0.336 e. The third-order valence-electron chi connectivity index (χ3n) is 5.34. The highest BCUT2D eigenvalue weighted by atomic mass is 16.4. The number of hydrogen-bond acceptors (Lipinski definition) is 6. The molecule has 2 amide bonds. The Hall–Kier alpha value is -4.86. The van der Waals surface area contributed by atoms with Crippen LogP contribution in [0.4, 0.5) is 5.69 Å². The second-order valence-electron chi connectivity index (χ2n) is 7.54. The molecule has 0 radical (unpaired) electrons. The Morgan fingerprint density at radius 3 is 2.50 bits per heavy atom. The highest BCUT2D eigenvalue weighted by Crippen LogP contribution is 2.23. The van der Waals surface area contributed by atoms with Gasteiger partial charge in [-0.3, -0.25) is 14.3 Å². The lowest BCUT2D eigenvalue weighted by atomic mass is 10.1. The number of carbonyl (C=O) groups is 3. The normalized spacial score (nSPS) is 12.5. The van der Waals surface area contributed by atoms with E-state index < -0.39 is 11.9 Å². The van der Waals surface area contributed by atoms with Crippen molar-refractivity contribution >= 4 is 23.5 Å². The van der Waals surface area contributed by atoms with Crippen LogP contribution in [0.25, 0.3) is 22.8 Å². The summed E-state index contributed by atoms with van der Waals surface area (Å²) in [5.74, 6) is -1.39. The molecule has 0 atom stereocenters. The Bertz CT molecular complexity index is 1430. The van der Waals surface area contributed by atoms with Gasteiger partial charge in [0.2, 0.25) is 0 Å². The summed E-state index contributed by atoms with van der Waals surface area (Å²) < 4.78 is 1.66. The zero-order valence-electron chi connectivity index (χ0n) is 17.7. The fourth-order valence-electron chi connectivity index (χ4n) is 3.67. The highest BCUT2D eigenvalue weighted by molar-refractivity contribution is 6.10. The molecule has 3 heterocycles. The zero-order chi connectivity index (χ0) is 23.7. The largest absolute Gasteiger partial charge is 0.478 e. The van der Waals surface area contributed by atoms with Crippen LogP contribution in [-0.2, 0) is 6.54 Å². The van der Waals surface area contributed by atoms with Crippen molar-refractivity contribution in [1.82, 2.24) is 25.1 Å². The van der Waals surface area contributed by atoms with E-state index in [1.165, 1.54) is 12.1 Å². The smallest absolute Gasteiger partial charge is 0.336 e. The maximum atomic E-state index is 12.6. The van der Waals surface area contributed by atoms with Crippen molar-refractivity contribution in [2.45, 2.75) is 6.54 Å². The monoisotopic (exact) mass is 454 g/mol. The van der Waals surface area contributed by atoms with Crippen LogP contribution in [-0.4, -0.2) is 49.2 Å². The van der Waals surface area contributed by atoms with E-state index in [4.69, 9.17) is 0 Å². The van der Waals surface area contributed by atoms with Crippen molar-refractivity contribution in [2.75, 3.05) is 11.9 Å². The van der Waals surface area contributed by atoms with Crippen LogP contribution in [0.15, 0.2) is 66.9 Å². The highest BCUT2D eigenvalue weighted by Gasteiger charge is 2.20. The second kappa shape index (κ2) is 8.58. The first-order chi connectivity index (χ1) is 16.5. The molecule has 3 N–H and O–H groups in total. The average Bonchev–Trinajstić information content (AvgIpc) is 3.30.